The van der Waals surface area contributed by atoms with Crippen LogP contribution in [0.2, 0.25) is 0 Å². The second-order valence-corrected chi connectivity index (χ2v) is 3.50. The number of nitrogens with zero attached hydrogens (tertiary/aromatic N) is 1. The number of aliphatic hydroxyl groups excluding tert-OH is 1. The fourth-order valence-electron chi connectivity index (χ4n) is 1.23. The van der Waals surface area contributed by atoms with Crippen molar-refractivity contribution in [3.63, 3.8) is 0 Å². The highest BCUT2D eigenvalue weighted by molar-refractivity contribution is 6.17. The number of alkyl halides is 1. The summed E-state index contributed by atoms with van der Waals surface area (Å²) in [7, 11) is 0. The average molecular weight is 203 g/mol. The van der Waals surface area contributed by atoms with Gasteiger partial charge in [0, 0.05) is 24.2 Å². The number of aromatic nitrogens is 2. The molecule has 0 aliphatic heterocycles. The Bertz CT molecular complexity index is 213. The quantitative estimate of drug-likeness (QED) is 0.545. The molecule has 3 nitrogen and oxygen atoms in total. The van der Waals surface area contributed by atoms with Crippen molar-refractivity contribution in [2.75, 3.05) is 5.88 Å². The minimum Gasteiger partial charge on any atom is -0.393 e. The lowest BCUT2D eigenvalue weighted by atomic mass is 10.1. The third kappa shape index (κ3) is 4.29. The van der Waals surface area contributed by atoms with E-state index in [0.717, 1.165) is 25.0 Å². The van der Waals surface area contributed by atoms with Crippen LogP contribution >= 0.6 is 11.6 Å². The van der Waals surface area contributed by atoms with Crippen LogP contribution in [-0.4, -0.2) is 27.3 Å². The molecule has 1 unspecified atom stereocenters. The van der Waals surface area contributed by atoms with E-state index in [9.17, 15) is 5.11 Å². The second-order valence-electron chi connectivity index (χ2n) is 3.12. The van der Waals surface area contributed by atoms with Crippen LogP contribution in [0.1, 0.15) is 25.0 Å². The Hall–Kier alpha value is -0.540. The van der Waals surface area contributed by atoms with Crippen LogP contribution in [0.15, 0.2) is 12.3 Å². The summed E-state index contributed by atoms with van der Waals surface area (Å²) < 4.78 is 0. The topological polar surface area (TPSA) is 48.9 Å². The number of aliphatic hydroxyl groups is 1. The number of H-pyrrole nitrogens is 1. The molecule has 0 aliphatic rings. The van der Waals surface area contributed by atoms with Gasteiger partial charge >= 0.3 is 0 Å². The largest absolute Gasteiger partial charge is 0.393 e. The zero-order chi connectivity index (χ0) is 9.52. The average Bonchev–Trinajstić information content (AvgIpc) is 2.57. The van der Waals surface area contributed by atoms with Crippen LogP contribution in [-0.2, 0) is 6.42 Å². The maximum absolute atomic E-state index is 9.56. The van der Waals surface area contributed by atoms with Gasteiger partial charge in [0.05, 0.1) is 6.10 Å². The smallest absolute Gasteiger partial charge is 0.0595 e. The van der Waals surface area contributed by atoms with E-state index in [1.165, 1.54) is 0 Å². The summed E-state index contributed by atoms with van der Waals surface area (Å²) in [5.41, 5.74) is 0.985. The third-order valence-corrected chi connectivity index (χ3v) is 2.20. The molecule has 0 saturated carbocycles. The molecule has 13 heavy (non-hydrogen) atoms. The number of hydrogen-bond acceptors (Lipinski definition) is 2. The summed E-state index contributed by atoms with van der Waals surface area (Å²) >= 11 is 5.53. The van der Waals surface area contributed by atoms with Gasteiger partial charge in [0.2, 0.25) is 0 Å². The first kappa shape index (κ1) is 10.5. The van der Waals surface area contributed by atoms with E-state index in [1.807, 2.05) is 6.07 Å². The van der Waals surface area contributed by atoms with Gasteiger partial charge in [0.15, 0.2) is 0 Å². The molecule has 1 rings (SSSR count). The molecule has 0 bridgehead atoms. The third-order valence-electron chi connectivity index (χ3n) is 1.93. The highest BCUT2D eigenvalue weighted by Gasteiger charge is 2.05. The predicted molar refractivity (Wildman–Crippen MR) is 52.9 cm³/mol. The van der Waals surface area contributed by atoms with E-state index in [1.54, 1.807) is 6.20 Å². The lowest BCUT2D eigenvalue weighted by Gasteiger charge is -2.07. The van der Waals surface area contributed by atoms with Gasteiger partial charge in [-0.1, -0.05) is 0 Å². The minimum atomic E-state index is -0.274. The fraction of sp³-hybridized carbons (Fsp3) is 0.667. The van der Waals surface area contributed by atoms with Crippen LogP contribution in [0, 0.1) is 0 Å². The molecule has 1 atom stereocenters. The predicted octanol–water partition coefficient (Wildman–Crippen LogP) is 1.72. The van der Waals surface area contributed by atoms with Gasteiger partial charge in [-0.2, -0.15) is 5.10 Å². The molecule has 0 aliphatic carbocycles. The first-order valence-corrected chi connectivity index (χ1v) is 5.08. The number of hydrogen-bond donors (Lipinski definition) is 2. The van der Waals surface area contributed by atoms with Crippen LogP contribution in [0.3, 0.4) is 0 Å². The van der Waals surface area contributed by atoms with Crippen LogP contribution in [0.4, 0.5) is 0 Å². The number of halogens is 1. The lowest BCUT2D eigenvalue weighted by molar-refractivity contribution is 0.160. The van der Waals surface area contributed by atoms with E-state index >= 15 is 0 Å². The molecular formula is C9H15ClN2O. The minimum absolute atomic E-state index is 0.274. The summed E-state index contributed by atoms with van der Waals surface area (Å²) in [5, 5.41) is 16.2. The molecule has 4 heteroatoms. The molecule has 74 valence electrons. The summed E-state index contributed by atoms with van der Waals surface area (Å²) in [4.78, 5) is 0. The van der Waals surface area contributed by atoms with Crippen molar-refractivity contribution in [3.05, 3.63) is 18.0 Å². The second kappa shape index (κ2) is 6.00. The molecular weight excluding hydrogens is 188 g/mol. The SMILES string of the molecule is OC(CCCCCl)Cc1ccn[nH]1. The molecule has 1 aromatic heterocycles. The molecule has 0 aromatic carbocycles. The Kier molecular flexibility index (Phi) is 4.86. The molecule has 1 aromatic rings. The lowest BCUT2D eigenvalue weighted by Crippen LogP contribution is -2.10. The van der Waals surface area contributed by atoms with Gasteiger partial charge in [-0.25, -0.2) is 0 Å². The van der Waals surface area contributed by atoms with E-state index in [2.05, 4.69) is 10.2 Å². The molecule has 0 spiro atoms. The van der Waals surface area contributed by atoms with Crippen molar-refractivity contribution >= 4 is 11.6 Å². The number of aromatic amines is 1. The Balaban J connectivity index is 2.14. The Labute approximate surface area is 83.1 Å². The highest BCUT2D eigenvalue weighted by Crippen LogP contribution is 2.06. The fourth-order valence-corrected chi connectivity index (χ4v) is 1.42. The molecule has 0 fully saturated rings. The molecule has 2 N–H and O–H groups in total. The standard InChI is InChI=1S/C9H15ClN2O/c10-5-2-1-3-9(13)7-8-4-6-11-12-8/h4,6,9,13H,1-3,5,7H2,(H,11,12). The number of rotatable bonds is 6. The highest BCUT2D eigenvalue weighted by atomic mass is 35.5. The van der Waals surface area contributed by atoms with Gasteiger partial charge in [-0.3, -0.25) is 5.10 Å². The molecule has 0 amide bonds. The summed E-state index contributed by atoms with van der Waals surface area (Å²) in [6.45, 7) is 0. The van der Waals surface area contributed by atoms with E-state index < -0.39 is 0 Å². The summed E-state index contributed by atoms with van der Waals surface area (Å²) in [5.74, 6) is 0.677. The normalized spacial score (nSPS) is 13.1. The molecule has 0 saturated heterocycles. The van der Waals surface area contributed by atoms with E-state index in [0.29, 0.717) is 12.3 Å². The number of unbranched alkanes of at least 4 members (excludes halogenated alkanes) is 1. The summed E-state index contributed by atoms with van der Waals surface area (Å²) in [6, 6.07) is 1.88. The maximum Gasteiger partial charge on any atom is 0.0595 e. The first-order chi connectivity index (χ1) is 6.33. The van der Waals surface area contributed by atoms with Crippen LogP contribution < -0.4 is 0 Å². The maximum atomic E-state index is 9.56. The summed E-state index contributed by atoms with van der Waals surface area (Å²) in [6.07, 6.45) is 4.85. The first-order valence-electron chi connectivity index (χ1n) is 4.55. The zero-order valence-electron chi connectivity index (χ0n) is 7.54. The van der Waals surface area contributed by atoms with Crippen molar-refractivity contribution in [1.29, 1.82) is 0 Å². The van der Waals surface area contributed by atoms with Gasteiger partial charge in [0.1, 0.15) is 0 Å². The molecule has 0 radical (unpaired) electrons. The van der Waals surface area contributed by atoms with Crippen molar-refractivity contribution in [2.45, 2.75) is 31.8 Å². The molecule has 1 heterocycles. The van der Waals surface area contributed by atoms with Crippen LogP contribution in [0.25, 0.3) is 0 Å². The zero-order valence-corrected chi connectivity index (χ0v) is 8.30. The Morgan fingerprint density at radius 1 is 1.54 bits per heavy atom. The van der Waals surface area contributed by atoms with Gasteiger partial charge < -0.3 is 5.11 Å². The van der Waals surface area contributed by atoms with E-state index in [4.69, 9.17) is 11.6 Å². The van der Waals surface area contributed by atoms with Crippen molar-refractivity contribution in [1.82, 2.24) is 10.2 Å². The Morgan fingerprint density at radius 2 is 2.38 bits per heavy atom. The number of nitrogens with one attached hydrogen (secondary N) is 1. The van der Waals surface area contributed by atoms with Gasteiger partial charge in [-0.05, 0) is 25.3 Å². The van der Waals surface area contributed by atoms with Crippen molar-refractivity contribution < 1.29 is 5.11 Å². The van der Waals surface area contributed by atoms with Gasteiger partial charge in [-0.15, -0.1) is 11.6 Å². The van der Waals surface area contributed by atoms with Crippen LogP contribution in [0.5, 0.6) is 0 Å². The monoisotopic (exact) mass is 202 g/mol. The van der Waals surface area contributed by atoms with Gasteiger partial charge in [0.25, 0.3) is 0 Å². The van der Waals surface area contributed by atoms with E-state index in [-0.39, 0.29) is 6.10 Å². The Morgan fingerprint density at radius 3 is 3.00 bits per heavy atom. The van der Waals surface area contributed by atoms with Crippen molar-refractivity contribution in [3.8, 4) is 0 Å². The van der Waals surface area contributed by atoms with Crippen molar-refractivity contribution in [2.24, 2.45) is 0 Å².